The van der Waals surface area contributed by atoms with Crippen LogP contribution in [0, 0.1) is 0 Å². The van der Waals surface area contributed by atoms with Gasteiger partial charge in [-0.05, 0) is 12.1 Å². The predicted molar refractivity (Wildman–Crippen MR) is 48.4 cm³/mol. The number of phenolic OH excluding ortho intramolecular Hbond substituents is 1. The Balaban J connectivity index is 2.94. The first-order valence-electron chi connectivity index (χ1n) is 3.65. The quantitative estimate of drug-likeness (QED) is 0.536. The number of hydrogen-bond donors (Lipinski definition) is 3. The first-order chi connectivity index (χ1) is 6.16. The van der Waals surface area contributed by atoms with E-state index in [9.17, 15) is 4.79 Å². The van der Waals surface area contributed by atoms with Crippen molar-refractivity contribution in [3.05, 3.63) is 28.7 Å². The van der Waals surface area contributed by atoms with Gasteiger partial charge in [0.05, 0.1) is 5.52 Å². The molecule has 5 nitrogen and oxygen atoms in total. The molecule has 2 aromatic rings. The molecule has 0 radical (unpaired) electrons. The molecule has 0 aliphatic heterocycles. The van der Waals surface area contributed by atoms with Crippen LogP contribution in [0.15, 0.2) is 23.0 Å². The molecule has 13 heavy (non-hydrogen) atoms. The Morgan fingerprint density at radius 2 is 2.23 bits per heavy atom. The van der Waals surface area contributed by atoms with Crippen molar-refractivity contribution in [1.29, 1.82) is 0 Å². The summed E-state index contributed by atoms with van der Waals surface area (Å²) in [5.41, 5.74) is 5.46. The molecule has 0 atom stereocenters. The van der Waals surface area contributed by atoms with Gasteiger partial charge in [0, 0.05) is 11.5 Å². The zero-order valence-corrected chi connectivity index (χ0v) is 6.61. The van der Waals surface area contributed by atoms with Crippen molar-refractivity contribution < 1.29 is 5.11 Å². The highest BCUT2D eigenvalue weighted by Crippen LogP contribution is 2.19. The van der Waals surface area contributed by atoms with Gasteiger partial charge in [-0.3, -0.25) is 0 Å². The standard InChI is InChI=1S/C8H7N3O2/c9-7-5-2-1-4(12)3-6(5)10-8(13)11-7/h1-3,12H,(H3,9,10,11,13). The molecule has 0 saturated heterocycles. The lowest BCUT2D eigenvalue weighted by Gasteiger charge is -1.99. The van der Waals surface area contributed by atoms with E-state index in [0.29, 0.717) is 10.9 Å². The van der Waals surface area contributed by atoms with Crippen molar-refractivity contribution in [1.82, 2.24) is 9.97 Å². The fraction of sp³-hybridized carbons (Fsp3) is 0. The van der Waals surface area contributed by atoms with Crippen LogP contribution in [-0.2, 0) is 0 Å². The van der Waals surface area contributed by atoms with Gasteiger partial charge in [0.1, 0.15) is 11.6 Å². The summed E-state index contributed by atoms with van der Waals surface area (Å²) in [4.78, 5) is 16.9. The summed E-state index contributed by atoms with van der Waals surface area (Å²) in [7, 11) is 0. The van der Waals surface area contributed by atoms with Crippen molar-refractivity contribution in [3.8, 4) is 5.75 Å². The second kappa shape index (κ2) is 2.48. The van der Waals surface area contributed by atoms with Gasteiger partial charge < -0.3 is 15.8 Å². The first kappa shape index (κ1) is 7.60. The van der Waals surface area contributed by atoms with Gasteiger partial charge in [-0.2, -0.15) is 4.98 Å². The number of benzene rings is 1. The summed E-state index contributed by atoms with van der Waals surface area (Å²) in [5, 5.41) is 9.75. The number of aromatic amines is 1. The van der Waals surface area contributed by atoms with E-state index < -0.39 is 5.69 Å². The van der Waals surface area contributed by atoms with Gasteiger partial charge in [-0.25, -0.2) is 4.79 Å². The second-order valence-corrected chi connectivity index (χ2v) is 2.66. The molecule has 0 saturated carbocycles. The summed E-state index contributed by atoms with van der Waals surface area (Å²) < 4.78 is 0. The molecule has 66 valence electrons. The number of nitrogens with two attached hydrogens (primary N) is 1. The number of nitrogens with zero attached hydrogens (tertiary/aromatic N) is 1. The van der Waals surface area contributed by atoms with Gasteiger partial charge in [-0.1, -0.05) is 0 Å². The third kappa shape index (κ3) is 1.20. The second-order valence-electron chi connectivity index (χ2n) is 2.66. The average Bonchev–Trinajstić information content (AvgIpc) is 2.02. The molecule has 1 aromatic heterocycles. The highest BCUT2D eigenvalue weighted by atomic mass is 16.3. The molecule has 0 spiro atoms. The Hall–Kier alpha value is -2.04. The van der Waals surface area contributed by atoms with E-state index in [4.69, 9.17) is 10.8 Å². The minimum Gasteiger partial charge on any atom is -0.508 e. The zero-order chi connectivity index (χ0) is 9.42. The summed E-state index contributed by atoms with van der Waals surface area (Å²) in [5.74, 6) is 0.243. The zero-order valence-electron chi connectivity index (χ0n) is 6.61. The van der Waals surface area contributed by atoms with E-state index in [1.807, 2.05) is 0 Å². The Labute approximate surface area is 72.8 Å². The van der Waals surface area contributed by atoms with Crippen molar-refractivity contribution in [2.24, 2.45) is 0 Å². The molecule has 5 heteroatoms. The maximum atomic E-state index is 10.9. The molecule has 0 amide bonds. The largest absolute Gasteiger partial charge is 0.508 e. The van der Waals surface area contributed by atoms with Gasteiger partial charge >= 0.3 is 5.69 Å². The molecule has 1 heterocycles. The lowest BCUT2D eigenvalue weighted by Crippen LogP contribution is -2.12. The Morgan fingerprint density at radius 1 is 1.46 bits per heavy atom. The van der Waals surface area contributed by atoms with Crippen LogP contribution in [0.1, 0.15) is 0 Å². The molecular formula is C8H7N3O2. The molecule has 1 aromatic carbocycles. The van der Waals surface area contributed by atoms with Crippen molar-refractivity contribution in [2.45, 2.75) is 0 Å². The van der Waals surface area contributed by atoms with Crippen LogP contribution in [0.5, 0.6) is 5.75 Å². The van der Waals surface area contributed by atoms with Gasteiger partial charge in [0.15, 0.2) is 0 Å². The van der Waals surface area contributed by atoms with Crippen LogP contribution in [-0.4, -0.2) is 15.1 Å². The van der Waals surface area contributed by atoms with E-state index in [0.717, 1.165) is 0 Å². The Morgan fingerprint density at radius 3 is 3.00 bits per heavy atom. The molecule has 0 aliphatic carbocycles. The van der Waals surface area contributed by atoms with Crippen molar-refractivity contribution in [2.75, 3.05) is 5.73 Å². The third-order valence-electron chi connectivity index (χ3n) is 1.74. The summed E-state index contributed by atoms with van der Waals surface area (Å²) in [6.07, 6.45) is 0. The van der Waals surface area contributed by atoms with Gasteiger partial charge in [0.2, 0.25) is 0 Å². The summed E-state index contributed by atoms with van der Waals surface area (Å²) >= 11 is 0. The Kier molecular flexibility index (Phi) is 1.45. The number of hydrogen-bond acceptors (Lipinski definition) is 4. The predicted octanol–water partition coefficient (Wildman–Crippen LogP) is 0.211. The van der Waals surface area contributed by atoms with Crippen molar-refractivity contribution in [3.63, 3.8) is 0 Å². The average molecular weight is 177 g/mol. The van der Waals surface area contributed by atoms with E-state index in [2.05, 4.69) is 9.97 Å². The number of aromatic nitrogens is 2. The normalized spacial score (nSPS) is 10.5. The van der Waals surface area contributed by atoms with Crippen LogP contribution in [0.2, 0.25) is 0 Å². The van der Waals surface area contributed by atoms with Crippen molar-refractivity contribution >= 4 is 16.7 Å². The monoisotopic (exact) mass is 177 g/mol. The topological polar surface area (TPSA) is 92.0 Å². The van der Waals surface area contributed by atoms with Gasteiger partial charge in [-0.15, -0.1) is 0 Å². The first-order valence-corrected chi connectivity index (χ1v) is 3.65. The number of H-pyrrole nitrogens is 1. The van der Waals surface area contributed by atoms with E-state index in [1.54, 1.807) is 6.07 Å². The lowest BCUT2D eigenvalue weighted by molar-refractivity contribution is 0.476. The lowest BCUT2D eigenvalue weighted by atomic mass is 10.2. The molecule has 0 bridgehead atoms. The molecule has 4 N–H and O–H groups in total. The van der Waals surface area contributed by atoms with E-state index in [-0.39, 0.29) is 11.6 Å². The van der Waals surface area contributed by atoms with Crippen LogP contribution in [0.4, 0.5) is 5.82 Å². The molecule has 0 aliphatic rings. The number of nitrogens with one attached hydrogen (secondary N) is 1. The fourth-order valence-electron chi connectivity index (χ4n) is 1.17. The van der Waals surface area contributed by atoms with Crippen LogP contribution >= 0.6 is 0 Å². The Bertz CT molecular complexity index is 518. The maximum Gasteiger partial charge on any atom is 0.347 e. The summed E-state index contributed by atoms with van der Waals surface area (Å²) in [6, 6.07) is 4.51. The number of anilines is 1. The number of nitrogen functional groups attached to an aromatic ring is 1. The smallest absolute Gasteiger partial charge is 0.347 e. The number of fused-ring (bicyclic) bond motifs is 1. The molecule has 0 fully saturated rings. The van der Waals surface area contributed by atoms with E-state index in [1.165, 1.54) is 12.1 Å². The number of phenols is 1. The summed E-state index contributed by atoms with van der Waals surface area (Å²) in [6.45, 7) is 0. The number of aromatic hydroxyl groups is 1. The van der Waals surface area contributed by atoms with Crippen LogP contribution in [0.25, 0.3) is 10.9 Å². The SMILES string of the molecule is Nc1nc(=O)[nH]c2cc(O)ccc12. The third-order valence-corrected chi connectivity index (χ3v) is 1.74. The minimum atomic E-state index is -0.518. The highest BCUT2D eigenvalue weighted by Gasteiger charge is 2.01. The van der Waals surface area contributed by atoms with E-state index >= 15 is 0 Å². The fourth-order valence-corrected chi connectivity index (χ4v) is 1.17. The highest BCUT2D eigenvalue weighted by molar-refractivity contribution is 5.88. The van der Waals surface area contributed by atoms with Crippen LogP contribution < -0.4 is 11.4 Å². The number of rotatable bonds is 0. The van der Waals surface area contributed by atoms with Gasteiger partial charge in [0.25, 0.3) is 0 Å². The molecule has 0 unspecified atom stereocenters. The molecule has 2 rings (SSSR count). The minimum absolute atomic E-state index is 0.0775. The molecular weight excluding hydrogens is 170 g/mol. The van der Waals surface area contributed by atoms with Crippen LogP contribution in [0.3, 0.4) is 0 Å². The maximum absolute atomic E-state index is 10.9.